The Hall–Kier alpha value is -5.48. The molecule has 0 spiro atoms. The number of nitrogen functional groups attached to an aromatic ring is 1. The number of alkyl halides is 5. The summed E-state index contributed by atoms with van der Waals surface area (Å²) in [6, 6.07) is 14.7. The highest BCUT2D eigenvalue weighted by Crippen LogP contribution is 2.31. The van der Waals surface area contributed by atoms with Gasteiger partial charge in [0.05, 0.1) is 0 Å². The molecule has 0 saturated carbocycles. The lowest BCUT2D eigenvalue weighted by atomic mass is 10.0. The molecular weight excluding hydrogens is 638 g/mol. The van der Waals surface area contributed by atoms with Crippen LogP contribution in [0.5, 0.6) is 5.75 Å². The van der Waals surface area contributed by atoms with Crippen molar-refractivity contribution in [1.29, 1.82) is 5.41 Å². The first kappa shape index (κ1) is 36.0. The summed E-state index contributed by atoms with van der Waals surface area (Å²) in [7, 11) is 3.04. The molecule has 47 heavy (non-hydrogen) atoms. The van der Waals surface area contributed by atoms with Crippen LogP contribution >= 0.6 is 0 Å². The second-order valence-corrected chi connectivity index (χ2v) is 10.2. The van der Waals surface area contributed by atoms with Gasteiger partial charge in [0.2, 0.25) is 5.91 Å². The molecule has 6 N–H and O–H groups in total. The summed E-state index contributed by atoms with van der Waals surface area (Å²) in [6.07, 6.45) is -4.61. The van der Waals surface area contributed by atoms with E-state index in [2.05, 4.69) is 15.4 Å². The molecule has 4 bridgehead atoms. The number of rotatable bonds is 5. The SMILES string of the molecule is CN1CCc2cccc(c2)[C@@H](Nc2ccc(C(=N)N)cc2)C(=O)N(C)Cc2cc(cc(F)c2OC(F)F)NC1=O.O=C(O)C(F)(F)F. The van der Waals surface area contributed by atoms with Crippen molar-refractivity contribution in [3.05, 3.63) is 88.7 Å². The van der Waals surface area contributed by atoms with Crippen LogP contribution in [0, 0.1) is 11.2 Å². The van der Waals surface area contributed by atoms with Gasteiger partial charge in [-0.1, -0.05) is 24.3 Å². The van der Waals surface area contributed by atoms with E-state index >= 15 is 0 Å². The first-order valence-corrected chi connectivity index (χ1v) is 13.6. The van der Waals surface area contributed by atoms with Crippen LogP contribution in [-0.4, -0.2) is 72.1 Å². The van der Waals surface area contributed by atoms with Crippen molar-refractivity contribution in [2.45, 2.75) is 31.8 Å². The molecule has 11 nitrogen and oxygen atoms in total. The minimum Gasteiger partial charge on any atom is -0.475 e. The summed E-state index contributed by atoms with van der Waals surface area (Å²) < 4.78 is 77.4. The average molecular weight is 669 g/mol. The minimum absolute atomic E-state index is 0.0301. The van der Waals surface area contributed by atoms with Crippen molar-refractivity contribution >= 4 is 35.1 Å². The molecule has 3 aromatic rings. The molecule has 1 aliphatic rings. The molecule has 1 heterocycles. The quantitative estimate of drug-likeness (QED) is 0.142. The van der Waals surface area contributed by atoms with Gasteiger partial charge in [0.1, 0.15) is 11.9 Å². The normalized spacial score (nSPS) is 15.5. The Balaban J connectivity index is 0.000000771. The number of benzene rings is 3. The zero-order valence-corrected chi connectivity index (χ0v) is 24.9. The van der Waals surface area contributed by atoms with Gasteiger partial charge >= 0.3 is 24.8 Å². The number of amides is 3. The van der Waals surface area contributed by atoms with E-state index in [1.165, 1.54) is 22.9 Å². The topological polar surface area (TPSA) is 161 Å². The van der Waals surface area contributed by atoms with Gasteiger partial charge in [0.15, 0.2) is 11.6 Å². The van der Waals surface area contributed by atoms with Crippen molar-refractivity contribution in [3.63, 3.8) is 0 Å². The van der Waals surface area contributed by atoms with Crippen LogP contribution in [0.2, 0.25) is 0 Å². The fraction of sp³-hybridized carbons (Fsp3) is 0.267. The summed E-state index contributed by atoms with van der Waals surface area (Å²) in [5.41, 5.74) is 8.11. The number of likely N-dealkylation sites (N-methyl/N-ethyl adjacent to an activating group) is 2. The summed E-state index contributed by atoms with van der Waals surface area (Å²) in [5, 5.41) is 20.5. The standard InChI is InChI=1S/C28H29F3N6O3.C2HF3O2/c1-36-11-10-16-4-3-5-18(12-16)23(34-20-8-6-17(7-9-20)25(32)33)26(38)37(2)15-19-13-21(35-28(36)39)14-22(29)24(19)40-27(30)31;3-2(4,5)1(6)7/h3-9,12-14,23,27,34H,10-11,15H2,1-2H3,(H3,32,33)(H,35,39);(H,6,7)/t23-;/m1./s1. The monoisotopic (exact) mass is 668 g/mol. The van der Waals surface area contributed by atoms with E-state index in [4.69, 9.17) is 21.0 Å². The number of halogens is 6. The first-order chi connectivity index (χ1) is 22.0. The largest absolute Gasteiger partial charge is 0.490 e. The fourth-order valence-corrected chi connectivity index (χ4v) is 4.36. The van der Waals surface area contributed by atoms with Crippen LogP contribution in [0.3, 0.4) is 0 Å². The van der Waals surface area contributed by atoms with E-state index in [1.54, 1.807) is 43.4 Å². The van der Waals surface area contributed by atoms with Crippen LogP contribution in [-0.2, 0) is 22.6 Å². The lowest BCUT2D eigenvalue weighted by Gasteiger charge is -2.27. The van der Waals surface area contributed by atoms with Gasteiger partial charge in [-0.2, -0.15) is 22.0 Å². The highest BCUT2D eigenvalue weighted by Gasteiger charge is 2.38. The molecule has 0 aliphatic carbocycles. The average Bonchev–Trinajstić information content (AvgIpc) is 2.99. The molecule has 0 radical (unpaired) electrons. The van der Waals surface area contributed by atoms with Gasteiger partial charge in [0.25, 0.3) is 0 Å². The molecule has 17 heteroatoms. The van der Waals surface area contributed by atoms with E-state index in [0.29, 0.717) is 29.8 Å². The number of nitrogens with zero attached hydrogens (tertiary/aromatic N) is 2. The van der Waals surface area contributed by atoms with Gasteiger partial charge < -0.3 is 36.0 Å². The molecule has 0 saturated heterocycles. The maximum atomic E-state index is 14.9. The van der Waals surface area contributed by atoms with E-state index in [0.717, 1.165) is 11.6 Å². The molecule has 3 amide bonds. The fourth-order valence-electron chi connectivity index (χ4n) is 4.36. The van der Waals surface area contributed by atoms with Crippen LogP contribution in [0.4, 0.5) is 42.5 Å². The smallest absolute Gasteiger partial charge is 0.475 e. The number of hydrogen-bond acceptors (Lipinski definition) is 6. The second kappa shape index (κ2) is 15.2. The molecular formula is C30H30F6N6O5. The van der Waals surface area contributed by atoms with E-state index < -0.39 is 48.3 Å². The third-order valence-corrected chi connectivity index (χ3v) is 6.73. The predicted molar refractivity (Wildman–Crippen MR) is 159 cm³/mol. The molecule has 0 unspecified atom stereocenters. The Labute approximate surface area is 264 Å². The van der Waals surface area contributed by atoms with Crippen LogP contribution < -0.4 is 21.1 Å². The van der Waals surface area contributed by atoms with Crippen LogP contribution in [0.25, 0.3) is 0 Å². The van der Waals surface area contributed by atoms with Crippen molar-refractivity contribution < 1.29 is 50.6 Å². The number of fused-ring (bicyclic) bond motifs is 4. The highest BCUT2D eigenvalue weighted by atomic mass is 19.4. The van der Waals surface area contributed by atoms with Gasteiger partial charge in [-0.25, -0.2) is 14.0 Å². The molecule has 0 aromatic heterocycles. The number of anilines is 2. The molecule has 3 aromatic carbocycles. The summed E-state index contributed by atoms with van der Waals surface area (Å²) in [4.78, 5) is 38.1. The van der Waals surface area contributed by atoms with E-state index in [-0.39, 0.29) is 23.6 Å². The Morgan fingerprint density at radius 2 is 1.72 bits per heavy atom. The van der Waals surface area contributed by atoms with Crippen LogP contribution in [0.1, 0.15) is 28.3 Å². The maximum Gasteiger partial charge on any atom is 0.490 e. The predicted octanol–water partition coefficient (Wildman–Crippen LogP) is 5.18. The zero-order chi connectivity index (χ0) is 35.1. The Morgan fingerprint density at radius 1 is 1.09 bits per heavy atom. The van der Waals surface area contributed by atoms with Crippen molar-refractivity contribution in [2.75, 3.05) is 31.3 Å². The van der Waals surface area contributed by atoms with Crippen molar-refractivity contribution in [2.24, 2.45) is 5.73 Å². The van der Waals surface area contributed by atoms with Crippen molar-refractivity contribution in [3.8, 4) is 5.75 Å². The minimum atomic E-state index is -5.08. The Kier molecular flexibility index (Phi) is 11.6. The number of carbonyl (C=O) groups excluding carboxylic acids is 2. The number of carboxylic acids is 1. The van der Waals surface area contributed by atoms with Gasteiger partial charge in [-0.15, -0.1) is 0 Å². The summed E-state index contributed by atoms with van der Waals surface area (Å²) in [6.45, 7) is -3.28. The Morgan fingerprint density at radius 3 is 2.30 bits per heavy atom. The van der Waals surface area contributed by atoms with Gasteiger partial charge in [-0.05, 0) is 47.9 Å². The summed E-state index contributed by atoms with van der Waals surface area (Å²) >= 11 is 0. The molecule has 252 valence electrons. The number of carbonyl (C=O) groups is 3. The number of amidine groups is 1. The number of ether oxygens (including phenoxy) is 1. The number of carboxylic acid groups (broad SMARTS) is 1. The summed E-state index contributed by atoms with van der Waals surface area (Å²) in [5.74, 6) is -5.10. The number of hydrogen-bond donors (Lipinski definition) is 5. The van der Waals surface area contributed by atoms with Gasteiger partial charge in [0, 0.05) is 55.8 Å². The number of nitrogens with one attached hydrogen (secondary N) is 3. The third-order valence-electron chi connectivity index (χ3n) is 6.73. The van der Waals surface area contributed by atoms with Crippen LogP contribution in [0.15, 0.2) is 60.7 Å². The lowest BCUT2D eigenvalue weighted by molar-refractivity contribution is -0.192. The second-order valence-electron chi connectivity index (χ2n) is 10.2. The van der Waals surface area contributed by atoms with E-state index in [9.17, 15) is 35.9 Å². The van der Waals surface area contributed by atoms with Gasteiger partial charge in [-0.3, -0.25) is 10.2 Å². The highest BCUT2D eigenvalue weighted by molar-refractivity contribution is 5.95. The molecule has 4 rings (SSSR count). The maximum absolute atomic E-state index is 14.9. The molecule has 1 aliphatic heterocycles. The first-order valence-electron chi connectivity index (χ1n) is 13.6. The lowest BCUT2D eigenvalue weighted by Crippen LogP contribution is -2.35. The van der Waals surface area contributed by atoms with Crippen molar-refractivity contribution in [1.82, 2.24) is 9.80 Å². The van der Waals surface area contributed by atoms with E-state index in [1.807, 2.05) is 12.1 Å². The molecule has 1 atom stereocenters. The zero-order valence-electron chi connectivity index (χ0n) is 24.9. The Bertz CT molecular complexity index is 1620. The third kappa shape index (κ3) is 10.0. The number of urea groups is 1. The molecule has 0 fully saturated rings. The number of aliphatic carboxylic acids is 1. The number of nitrogens with two attached hydrogens (primary N) is 1.